The maximum absolute atomic E-state index is 12.9. The Hall–Kier alpha value is -3.67. The van der Waals surface area contributed by atoms with Crippen molar-refractivity contribution >= 4 is 50.9 Å². The SMILES string of the molecule is N#Cc1cccc(S(=O)Nc2nc3ccccc3nc2Nc2cc(O)ccc2Cl)c1. The number of nitrogens with one attached hydrogen (secondary N) is 2. The molecule has 0 amide bonds. The second-order valence-corrected chi connectivity index (χ2v) is 7.83. The topological polar surface area (TPSA) is 111 Å². The number of phenolic OH excluding ortho intramolecular Hbond substituents is 1. The second-order valence-electron chi connectivity index (χ2n) is 6.21. The van der Waals surface area contributed by atoms with Gasteiger partial charge in [0.25, 0.3) is 0 Å². The Kier molecular flexibility index (Phi) is 5.48. The first kappa shape index (κ1) is 19.6. The van der Waals surface area contributed by atoms with Crippen LogP contribution in [0.5, 0.6) is 5.75 Å². The zero-order valence-corrected chi connectivity index (χ0v) is 16.9. The molecule has 3 aromatic carbocycles. The number of aromatic hydroxyl groups is 1. The lowest BCUT2D eigenvalue weighted by molar-refractivity contribution is 0.475. The molecule has 3 N–H and O–H groups in total. The molecule has 0 aliphatic rings. The molecule has 1 unspecified atom stereocenters. The Morgan fingerprint density at radius 3 is 2.43 bits per heavy atom. The summed E-state index contributed by atoms with van der Waals surface area (Å²) in [7, 11) is -1.69. The second kappa shape index (κ2) is 8.37. The van der Waals surface area contributed by atoms with Gasteiger partial charge in [-0.2, -0.15) is 5.26 Å². The summed E-state index contributed by atoms with van der Waals surface area (Å²) in [5.74, 6) is 0.543. The number of aromatic nitrogens is 2. The summed E-state index contributed by atoms with van der Waals surface area (Å²) in [6, 6.07) is 20.2. The van der Waals surface area contributed by atoms with Crippen LogP contribution < -0.4 is 10.0 Å². The van der Waals surface area contributed by atoms with Crippen molar-refractivity contribution in [2.45, 2.75) is 4.90 Å². The summed E-state index contributed by atoms with van der Waals surface area (Å²) < 4.78 is 15.7. The molecule has 1 aromatic heterocycles. The molecule has 0 fully saturated rings. The van der Waals surface area contributed by atoms with E-state index in [1.807, 2.05) is 18.2 Å². The molecule has 30 heavy (non-hydrogen) atoms. The molecule has 0 saturated carbocycles. The molecule has 7 nitrogen and oxygen atoms in total. The van der Waals surface area contributed by atoms with Crippen molar-refractivity contribution in [3.63, 3.8) is 0 Å². The summed E-state index contributed by atoms with van der Waals surface area (Å²) >= 11 is 6.22. The molecular weight excluding hydrogens is 422 g/mol. The van der Waals surface area contributed by atoms with E-state index in [9.17, 15) is 9.32 Å². The van der Waals surface area contributed by atoms with Gasteiger partial charge in [-0.3, -0.25) is 4.72 Å². The van der Waals surface area contributed by atoms with E-state index >= 15 is 0 Å². The van der Waals surface area contributed by atoms with Crippen molar-refractivity contribution in [1.29, 1.82) is 5.26 Å². The van der Waals surface area contributed by atoms with E-state index < -0.39 is 11.0 Å². The number of para-hydroxylation sites is 2. The monoisotopic (exact) mass is 435 g/mol. The van der Waals surface area contributed by atoms with E-state index in [-0.39, 0.29) is 17.4 Å². The first-order chi connectivity index (χ1) is 14.5. The molecular formula is C21H14ClN5O2S. The van der Waals surface area contributed by atoms with Crippen molar-refractivity contribution in [1.82, 2.24) is 9.97 Å². The molecule has 1 atom stereocenters. The van der Waals surface area contributed by atoms with Gasteiger partial charge in [0.15, 0.2) is 22.6 Å². The number of anilines is 3. The Bertz CT molecular complexity index is 1320. The standard InChI is InChI=1S/C21H14ClN5O2S/c22-16-9-8-14(28)11-19(16)26-20-21(25-18-7-2-1-6-17(18)24-20)27-30(29)15-5-3-4-13(10-15)12-23/h1-11,28H,(H,24,26)(H,25,27). The number of nitriles is 1. The molecule has 9 heteroatoms. The van der Waals surface area contributed by atoms with Crippen LogP contribution in [-0.2, 0) is 11.0 Å². The fourth-order valence-corrected chi connectivity index (χ4v) is 3.76. The van der Waals surface area contributed by atoms with Crippen molar-refractivity contribution < 1.29 is 9.32 Å². The van der Waals surface area contributed by atoms with Crippen LogP contribution in [0.2, 0.25) is 5.02 Å². The van der Waals surface area contributed by atoms with Gasteiger partial charge in [0.05, 0.1) is 38.3 Å². The average molecular weight is 436 g/mol. The highest BCUT2D eigenvalue weighted by atomic mass is 35.5. The molecule has 0 bridgehead atoms. The maximum atomic E-state index is 12.9. The predicted molar refractivity (Wildman–Crippen MR) is 117 cm³/mol. The number of rotatable bonds is 5. The average Bonchev–Trinajstić information content (AvgIpc) is 2.76. The zero-order valence-electron chi connectivity index (χ0n) is 15.3. The lowest BCUT2D eigenvalue weighted by Crippen LogP contribution is -2.10. The van der Waals surface area contributed by atoms with Gasteiger partial charge in [-0.1, -0.05) is 29.8 Å². The maximum Gasteiger partial charge on any atom is 0.182 e. The summed E-state index contributed by atoms with van der Waals surface area (Å²) in [5.41, 5.74) is 2.05. The minimum Gasteiger partial charge on any atom is -0.508 e. The highest BCUT2D eigenvalue weighted by molar-refractivity contribution is 7.86. The van der Waals surface area contributed by atoms with E-state index in [0.29, 0.717) is 32.2 Å². The Labute approximate surface area is 179 Å². The largest absolute Gasteiger partial charge is 0.508 e. The smallest absolute Gasteiger partial charge is 0.182 e. The van der Waals surface area contributed by atoms with Crippen LogP contribution in [0.15, 0.2) is 71.6 Å². The van der Waals surface area contributed by atoms with Crippen LogP contribution in [0, 0.1) is 11.3 Å². The van der Waals surface area contributed by atoms with Crippen LogP contribution in [0.4, 0.5) is 17.3 Å². The summed E-state index contributed by atoms with van der Waals surface area (Å²) in [5, 5.41) is 22.3. The van der Waals surface area contributed by atoms with E-state index in [1.54, 1.807) is 36.4 Å². The molecule has 148 valence electrons. The summed E-state index contributed by atoms with van der Waals surface area (Å²) in [6.07, 6.45) is 0. The zero-order chi connectivity index (χ0) is 21.1. The predicted octanol–water partition coefficient (Wildman–Crippen LogP) is 4.74. The molecule has 4 aromatic rings. The molecule has 0 spiro atoms. The third-order valence-corrected chi connectivity index (χ3v) is 5.53. The highest BCUT2D eigenvalue weighted by Crippen LogP contribution is 2.32. The van der Waals surface area contributed by atoms with Gasteiger partial charge in [-0.15, -0.1) is 0 Å². The number of benzene rings is 3. The van der Waals surface area contributed by atoms with Gasteiger partial charge in [-0.25, -0.2) is 14.2 Å². The number of phenols is 1. The van der Waals surface area contributed by atoms with Gasteiger partial charge in [0.1, 0.15) is 5.75 Å². The van der Waals surface area contributed by atoms with Crippen molar-refractivity contribution in [2.24, 2.45) is 0 Å². The minimum absolute atomic E-state index is 0.0297. The van der Waals surface area contributed by atoms with E-state index in [4.69, 9.17) is 16.9 Å². The highest BCUT2D eigenvalue weighted by Gasteiger charge is 2.15. The summed E-state index contributed by atoms with van der Waals surface area (Å²) in [4.78, 5) is 9.51. The fraction of sp³-hybridized carbons (Fsp3) is 0. The lowest BCUT2D eigenvalue weighted by Gasteiger charge is -2.14. The van der Waals surface area contributed by atoms with Crippen molar-refractivity contribution in [3.05, 3.63) is 77.3 Å². The molecule has 0 saturated heterocycles. The van der Waals surface area contributed by atoms with E-state index in [1.165, 1.54) is 18.2 Å². The van der Waals surface area contributed by atoms with Crippen molar-refractivity contribution in [3.8, 4) is 11.8 Å². The van der Waals surface area contributed by atoms with Crippen LogP contribution in [0.3, 0.4) is 0 Å². The Morgan fingerprint density at radius 2 is 1.70 bits per heavy atom. The Morgan fingerprint density at radius 1 is 0.967 bits per heavy atom. The number of hydrogen-bond donors (Lipinski definition) is 3. The minimum atomic E-state index is -1.69. The van der Waals surface area contributed by atoms with E-state index in [0.717, 1.165) is 0 Å². The molecule has 4 rings (SSSR count). The van der Waals surface area contributed by atoms with Gasteiger partial charge < -0.3 is 10.4 Å². The normalized spacial score (nSPS) is 11.6. The molecule has 0 aliphatic heterocycles. The molecule has 0 aliphatic carbocycles. The van der Waals surface area contributed by atoms with Crippen LogP contribution in [0.25, 0.3) is 11.0 Å². The first-order valence-electron chi connectivity index (χ1n) is 8.74. The third-order valence-electron chi connectivity index (χ3n) is 4.14. The number of fused-ring (bicyclic) bond motifs is 1. The van der Waals surface area contributed by atoms with Crippen molar-refractivity contribution in [2.75, 3.05) is 10.0 Å². The number of hydrogen-bond acceptors (Lipinski definition) is 6. The summed E-state index contributed by atoms with van der Waals surface area (Å²) in [6.45, 7) is 0. The first-order valence-corrected chi connectivity index (χ1v) is 10.3. The van der Waals surface area contributed by atoms with Crippen LogP contribution in [-0.4, -0.2) is 19.3 Å². The van der Waals surface area contributed by atoms with Gasteiger partial charge in [0, 0.05) is 6.07 Å². The fourth-order valence-electron chi connectivity index (χ4n) is 2.72. The van der Waals surface area contributed by atoms with E-state index in [2.05, 4.69) is 20.0 Å². The van der Waals surface area contributed by atoms with Crippen LogP contribution in [0.1, 0.15) is 5.56 Å². The van der Waals surface area contributed by atoms with Crippen LogP contribution >= 0.6 is 11.6 Å². The number of nitrogens with zero attached hydrogens (tertiary/aromatic N) is 3. The van der Waals surface area contributed by atoms with Gasteiger partial charge in [-0.05, 0) is 42.5 Å². The lowest BCUT2D eigenvalue weighted by atomic mass is 10.2. The quantitative estimate of drug-likeness (QED) is 0.417. The van der Waals surface area contributed by atoms with Gasteiger partial charge in [0.2, 0.25) is 0 Å². The number of halogens is 1. The molecule has 0 radical (unpaired) electrons. The van der Waals surface area contributed by atoms with Gasteiger partial charge >= 0.3 is 0 Å². The third kappa shape index (κ3) is 4.17. The Balaban J connectivity index is 1.75. The molecule has 1 heterocycles.